The van der Waals surface area contributed by atoms with E-state index in [0.29, 0.717) is 12.1 Å². The lowest BCUT2D eigenvalue weighted by atomic mass is 10.2. The van der Waals surface area contributed by atoms with E-state index in [1.54, 1.807) is 0 Å². The number of ether oxygens (including phenoxy) is 1. The molecule has 0 bridgehead atoms. The average molecular weight is 265 g/mol. The van der Waals surface area contributed by atoms with E-state index in [1.807, 2.05) is 0 Å². The predicted octanol–water partition coefficient (Wildman–Crippen LogP) is 4.01. The van der Waals surface area contributed by atoms with Crippen molar-refractivity contribution in [2.24, 2.45) is 0 Å². The molecule has 1 nitrogen and oxygen atoms in total. The molecule has 0 saturated heterocycles. The van der Waals surface area contributed by atoms with E-state index in [4.69, 9.17) is 0 Å². The smallest absolute Gasteiger partial charge is 0.420 e. The minimum Gasteiger partial charge on any atom is -0.420 e. The molecule has 0 aliphatic heterocycles. The number of halogens is 7. The monoisotopic (exact) mass is 264 g/mol. The van der Waals surface area contributed by atoms with Gasteiger partial charge in [-0.2, -0.15) is 13.2 Å². The molecule has 0 radical (unpaired) electrons. The highest BCUT2D eigenvalue weighted by atomic mass is 35.5. The van der Waals surface area contributed by atoms with Crippen LogP contribution in [0.15, 0.2) is 18.2 Å². The number of hydrogen-bond donors (Lipinski definition) is 0. The quantitative estimate of drug-likeness (QED) is 0.579. The standard InChI is InChI=1S/C8H3ClF6O/c9-8(14,15)16-4-1-2-6(10)5(3-4)7(11,12)13/h1-3H. The fourth-order valence-electron chi connectivity index (χ4n) is 0.919. The molecule has 0 N–H and O–H groups in total. The molecular weight excluding hydrogens is 262 g/mol. The minimum atomic E-state index is -4.99. The molecule has 8 heteroatoms. The maximum Gasteiger partial charge on any atom is 0.487 e. The highest BCUT2D eigenvalue weighted by molar-refractivity contribution is 6.20. The second kappa shape index (κ2) is 4.04. The molecular formula is C8H3ClF6O. The van der Waals surface area contributed by atoms with E-state index in [1.165, 1.54) is 0 Å². The number of benzene rings is 1. The highest BCUT2D eigenvalue weighted by Gasteiger charge is 2.35. The van der Waals surface area contributed by atoms with E-state index in [2.05, 4.69) is 16.3 Å². The molecule has 0 aromatic heterocycles. The molecule has 0 aliphatic carbocycles. The Morgan fingerprint density at radius 2 is 1.62 bits per heavy atom. The Bertz CT molecular complexity index is 383. The summed E-state index contributed by atoms with van der Waals surface area (Å²) in [6, 6.07) is 1.08. The lowest BCUT2D eigenvalue weighted by Gasteiger charge is -2.13. The van der Waals surface area contributed by atoms with Crippen LogP contribution in [0.2, 0.25) is 0 Å². The number of rotatable bonds is 2. The van der Waals surface area contributed by atoms with Gasteiger partial charge in [-0.1, -0.05) is 0 Å². The van der Waals surface area contributed by atoms with Gasteiger partial charge < -0.3 is 4.74 Å². The SMILES string of the molecule is Fc1ccc(OC(F)(F)Cl)cc1C(F)(F)F. The van der Waals surface area contributed by atoms with Crippen LogP contribution in [0.1, 0.15) is 5.56 Å². The van der Waals surface area contributed by atoms with Crippen LogP contribution in [-0.2, 0) is 6.18 Å². The Kier molecular flexibility index (Phi) is 3.27. The summed E-state index contributed by atoms with van der Waals surface area (Å²) in [5, 5.41) is 0. The van der Waals surface area contributed by atoms with E-state index in [-0.39, 0.29) is 6.07 Å². The molecule has 0 atom stereocenters. The van der Waals surface area contributed by atoms with Gasteiger partial charge in [-0.05, 0) is 18.2 Å². The van der Waals surface area contributed by atoms with Gasteiger partial charge in [0.2, 0.25) is 0 Å². The van der Waals surface area contributed by atoms with Gasteiger partial charge in [0.25, 0.3) is 0 Å². The first-order chi connectivity index (χ1) is 7.09. The first-order valence-electron chi connectivity index (χ1n) is 3.72. The molecule has 0 fully saturated rings. The molecule has 0 spiro atoms. The summed E-state index contributed by atoms with van der Waals surface area (Å²) in [5.41, 5.74) is -5.85. The van der Waals surface area contributed by atoms with Crippen molar-refractivity contribution in [2.75, 3.05) is 0 Å². The van der Waals surface area contributed by atoms with Crippen molar-refractivity contribution < 1.29 is 31.1 Å². The van der Waals surface area contributed by atoms with E-state index < -0.39 is 28.9 Å². The molecule has 0 heterocycles. The van der Waals surface area contributed by atoms with Crippen LogP contribution in [0.3, 0.4) is 0 Å². The third-order valence-electron chi connectivity index (χ3n) is 1.48. The molecule has 90 valence electrons. The Balaban J connectivity index is 3.09. The third-order valence-corrected chi connectivity index (χ3v) is 1.55. The van der Waals surface area contributed by atoms with E-state index in [0.717, 1.165) is 0 Å². The minimum absolute atomic E-state index is 0.103. The van der Waals surface area contributed by atoms with Gasteiger partial charge in [0, 0.05) is 11.6 Å². The lowest BCUT2D eigenvalue weighted by molar-refractivity contribution is -0.140. The van der Waals surface area contributed by atoms with Crippen molar-refractivity contribution in [3.8, 4) is 5.75 Å². The number of hydrogen-bond acceptors (Lipinski definition) is 1. The Hall–Kier alpha value is -1.11. The third kappa shape index (κ3) is 3.48. The van der Waals surface area contributed by atoms with Crippen LogP contribution < -0.4 is 4.74 Å². The molecule has 0 amide bonds. The van der Waals surface area contributed by atoms with E-state index in [9.17, 15) is 26.3 Å². The van der Waals surface area contributed by atoms with Crippen molar-refractivity contribution in [3.05, 3.63) is 29.6 Å². The van der Waals surface area contributed by atoms with Crippen molar-refractivity contribution >= 4 is 11.6 Å². The van der Waals surface area contributed by atoms with E-state index >= 15 is 0 Å². The maximum absolute atomic E-state index is 12.7. The van der Waals surface area contributed by atoms with Crippen LogP contribution >= 0.6 is 11.6 Å². The predicted molar refractivity (Wildman–Crippen MR) is 42.8 cm³/mol. The Morgan fingerprint density at radius 3 is 2.06 bits per heavy atom. The molecule has 0 aliphatic rings. The second-order valence-corrected chi connectivity index (χ2v) is 3.13. The molecule has 16 heavy (non-hydrogen) atoms. The molecule has 0 saturated carbocycles. The maximum atomic E-state index is 12.7. The van der Waals surface area contributed by atoms with Crippen LogP contribution in [0.4, 0.5) is 26.3 Å². The molecule has 0 unspecified atom stereocenters. The van der Waals surface area contributed by atoms with Gasteiger partial charge in [-0.25, -0.2) is 4.39 Å². The average Bonchev–Trinajstić information content (AvgIpc) is 2.04. The fourth-order valence-corrected chi connectivity index (χ4v) is 1.01. The number of alkyl halides is 6. The van der Waals surface area contributed by atoms with Gasteiger partial charge in [0.15, 0.2) is 0 Å². The molecule has 1 rings (SSSR count). The normalized spacial score (nSPS) is 12.7. The van der Waals surface area contributed by atoms with Gasteiger partial charge in [-0.15, -0.1) is 8.78 Å². The van der Waals surface area contributed by atoms with Gasteiger partial charge in [-0.3, -0.25) is 0 Å². The van der Waals surface area contributed by atoms with Gasteiger partial charge in [0.05, 0.1) is 5.56 Å². The zero-order chi connectivity index (χ0) is 12.6. The summed E-state index contributed by atoms with van der Waals surface area (Å²) < 4.78 is 77.0. The van der Waals surface area contributed by atoms with Gasteiger partial charge >= 0.3 is 11.7 Å². The summed E-state index contributed by atoms with van der Waals surface area (Å²) in [6.07, 6.45) is -4.99. The zero-order valence-corrected chi connectivity index (χ0v) is 8.04. The first kappa shape index (κ1) is 13.0. The fraction of sp³-hybridized carbons (Fsp3) is 0.250. The van der Waals surface area contributed by atoms with Crippen molar-refractivity contribution in [1.29, 1.82) is 0 Å². The van der Waals surface area contributed by atoms with Gasteiger partial charge in [0.1, 0.15) is 11.6 Å². The van der Waals surface area contributed by atoms with Crippen LogP contribution in [0, 0.1) is 5.82 Å². The summed E-state index contributed by atoms with van der Waals surface area (Å²) in [7, 11) is 0. The molecule has 1 aromatic rings. The van der Waals surface area contributed by atoms with Crippen molar-refractivity contribution in [3.63, 3.8) is 0 Å². The van der Waals surface area contributed by atoms with Crippen molar-refractivity contribution in [1.82, 2.24) is 0 Å². The Labute approximate surface area is 90.6 Å². The summed E-state index contributed by atoms with van der Waals surface area (Å²) in [6.45, 7) is 0. The topological polar surface area (TPSA) is 9.23 Å². The summed E-state index contributed by atoms with van der Waals surface area (Å²) in [4.78, 5) is 0. The lowest BCUT2D eigenvalue weighted by Crippen LogP contribution is -2.16. The first-order valence-corrected chi connectivity index (χ1v) is 4.10. The van der Waals surface area contributed by atoms with Crippen LogP contribution in [0.5, 0.6) is 5.75 Å². The zero-order valence-electron chi connectivity index (χ0n) is 7.29. The van der Waals surface area contributed by atoms with Crippen LogP contribution in [0.25, 0.3) is 0 Å². The second-order valence-electron chi connectivity index (χ2n) is 2.69. The van der Waals surface area contributed by atoms with Crippen LogP contribution in [-0.4, -0.2) is 5.57 Å². The highest BCUT2D eigenvalue weighted by Crippen LogP contribution is 2.35. The summed E-state index contributed by atoms with van der Waals surface area (Å²) >= 11 is 4.34. The Morgan fingerprint density at radius 1 is 1.06 bits per heavy atom. The van der Waals surface area contributed by atoms with Crippen molar-refractivity contribution in [2.45, 2.75) is 11.7 Å². The summed E-state index contributed by atoms with van der Waals surface area (Å²) in [5.74, 6) is -2.47. The largest absolute Gasteiger partial charge is 0.487 e. The molecule has 1 aromatic carbocycles.